The van der Waals surface area contributed by atoms with Crippen LogP contribution in [0.1, 0.15) is 44.1 Å². The maximum atomic E-state index is 12.3. The van der Waals surface area contributed by atoms with Gasteiger partial charge in [0, 0.05) is 28.7 Å². The number of imidazole rings is 1. The third kappa shape index (κ3) is 6.43. The second-order valence-electron chi connectivity index (χ2n) is 12.6. The molecule has 1 aliphatic heterocycles. The monoisotopic (exact) mass is 672 g/mol. The molecule has 0 bridgehead atoms. The highest BCUT2D eigenvalue weighted by Crippen LogP contribution is 2.48. The lowest BCUT2D eigenvalue weighted by molar-refractivity contribution is -0.117. The van der Waals surface area contributed by atoms with Crippen LogP contribution in [0.3, 0.4) is 0 Å². The number of nitrogens with zero attached hydrogens (tertiary/aromatic N) is 3. The van der Waals surface area contributed by atoms with E-state index < -0.39 is 16.1 Å². The van der Waals surface area contributed by atoms with Gasteiger partial charge in [0.05, 0.1) is 16.4 Å². The number of hydrogen-bond donors (Lipinski definition) is 1. The molecule has 1 unspecified atom stereocenters. The highest BCUT2D eigenvalue weighted by atomic mass is 35.5. The van der Waals surface area contributed by atoms with Gasteiger partial charge in [0.25, 0.3) is 5.91 Å². The third-order valence-electron chi connectivity index (χ3n) is 8.67. The molecule has 1 N–H and O–H groups in total. The predicted molar refractivity (Wildman–Crippen MR) is 187 cm³/mol. The topological polar surface area (TPSA) is 84.3 Å². The molecule has 0 saturated carbocycles. The van der Waals surface area contributed by atoms with Crippen molar-refractivity contribution in [1.82, 2.24) is 14.3 Å². The summed E-state index contributed by atoms with van der Waals surface area (Å²) in [4.78, 5) is 16.7. The van der Waals surface area contributed by atoms with Gasteiger partial charge in [-0.15, -0.1) is 0 Å². The summed E-state index contributed by atoms with van der Waals surface area (Å²) < 4.78 is 29.8. The Hall–Kier alpha value is -4.11. The quantitative estimate of drug-likeness (QED) is 0.215. The number of amides is 1. The van der Waals surface area contributed by atoms with Gasteiger partial charge in [-0.2, -0.15) is 8.42 Å². The van der Waals surface area contributed by atoms with Gasteiger partial charge in [0.15, 0.2) is 0 Å². The van der Waals surface area contributed by atoms with Crippen LogP contribution >= 0.6 is 23.2 Å². The van der Waals surface area contributed by atoms with Crippen LogP contribution in [0, 0.1) is 10.8 Å². The zero-order chi connectivity index (χ0) is 32.7. The van der Waals surface area contributed by atoms with E-state index in [9.17, 15) is 13.2 Å². The summed E-state index contributed by atoms with van der Waals surface area (Å²) in [6.45, 7) is 6.98. The molecule has 6 rings (SSSR count). The Labute approximate surface area is 280 Å². The number of benzene rings is 3. The standard InChI is InChI=1S/C36H34Cl2N4O3S/c1-35(2,3)36(18-15-27(16-19-36)26-7-5-4-6-8-26)20-17-33-39-32(30-14-11-28(37)21-31(30)38)23-41(33)22-25-9-12-29(13-10-25)42-24-34(43)40-46(42,44)45/h4-18,20-21,23H,19,22,24H2,1-3H3,(H,40,43). The lowest BCUT2D eigenvalue weighted by Crippen LogP contribution is -2.32. The highest BCUT2D eigenvalue weighted by Gasteiger charge is 2.38. The van der Waals surface area contributed by atoms with Crippen LogP contribution in [0.2, 0.25) is 10.0 Å². The Balaban J connectivity index is 1.34. The van der Waals surface area contributed by atoms with E-state index in [1.807, 2.05) is 35.2 Å². The van der Waals surface area contributed by atoms with E-state index in [0.717, 1.165) is 27.7 Å². The molecule has 46 heavy (non-hydrogen) atoms. The largest absolute Gasteiger partial charge is 0.326 e. The van der Waals surface area contributed by atoms with Gasteiger partial charge in [0.1, 0.15) is 12.4 Å². The molecule has 1 atom stereocenters. The van der Waals surface area contributed by atoms with Gasteiger partial charge in [-0.05, 0) is 64.9 Å². The number of nitrogens with one attached hydrogen (secondary N) is 1. The Bertz CT molecular complexity index is 1990. The molecule has 2 aliphatic rings. The summed E-state index contributed by atoms with van der Waals surface area (Å²) in [6.07, 6.45) is 14.0. The van der Waals surface area contributed by atoms with Gasteiger partial charge in [0.2, 0.25) is 0 Å². The fourth-order valence-corrected chi connectivity index (χ4v) is 7.46. The summed E-state index contributed by atoms with van der Waals surface area (Å²) in [5, 5.41) is 1.05. The van der Waals surface area contributed by atoms with Crippen LogP contribution in [-0.2, 0) is 21.5 Å². The number of carbonyl (C=O) groups is 1. The summed E-state index contributed by atoms with van der Waals surface area (Å²) in [5.41, 5.74) is 4.89. The SMILES string of the molecule is CC(C)(C)C1(C=Cc2nc(-c3ccc(Cl)cc3Cl)cn2Cc2ccc(N3CC(=O)NS3(=O)=O)cc2)C=CC(c2ccccc2)=CC1. The van der Waals surface area contributed by atoms with E-state index in [4.69, 9.17) is 28.2 Å². The number of halogens is 2. The van der Waals surface area contributed by atoms with E-state index in [2.05, 4.69) is 80.0 Å². The number of carbonyl (C=O) groups excluding carboxylic acids is 1. The summed E-state index contributed by atoms with van der Waals surface area (Å²) in [6, 6.07) is 22.9. The van der Waals surface area contributed by atoms with Crippen molar-refractivity contribution in [2.24, 2.45) is 10.8 Å². The minimum Gasteiger partial charge on any atom is -0.326 e. The molecule has 0 spiro atoms. The molecule has 3 aromatic carbocycles. The van der Waals surface area contributed by atoms with Gasteiger partial charge in [-0.3, -0.25) is 4.79 Å². The molecular formula is C36H34Cl2N4O3S. The maximum Gasteiger partial charge on any atom is 0.326 e. The number of allylic oxidation sites excluding steroid dienone is 5. The number of hydrogen-bond acceptors (Lipinski definition) is 4. The summed E-state index contributed by atoms with van der Waals surface area (Å²) in [5.74, 6) is 0.191. The van der Waals surface area contributed by atoms with E-state index in [1.54, 1.807) is 24.3 Å². The van der Waals surface area contributed by atoms with E-state index in [-0.39, 0.29) is 17.4 Å². The summed E-state index contributed by atoms with van der Waals surface area (Å²) in [7, 11) is -3.88. The van der Waals surface area contributed by atoms with Crippen LogP contribution in [-0.4, -0.2) is 30.4 Å². The molecule has 1 aliphatic carbocycles. The van der Waals surface area contributed by atoms with Crippen LogP contribution in [0.5, 0.6) is 0 Å². The van der Waals surface area contributed by atoms with Crippen LogP contribution < -0.4 is 9.03 Å². The first kappa shape index (κ1) is 31.9. The van der Waals surface area contributed by atoms with E-state index in [0.29, 0.717) is 28.0 Å². The fraction of sp³-hybridized carbons (Fsp3) is 0.222. The van der Waals surface area contributed by atoms with Crippen molar-refractivity contribution in [2.45, 2.75) is 33.7 Å². The first-order valence-corrected chi connectivity index (χ1v) is 17.1. The highest BCUT2D eigenvalue weighted by molar-refractivity contribution is 7.92. The van der Waals surface area contributed by atoms with Crippen molar-refractivity contribution in [2.75, 3.05) is 10.8 Å². The minimum absolute atomic E-state index is 0.0829. The number of rotatable bonds is 7. The molecule has 1 fully saturated rings. The van der Waals surface area contributed by atoms with Crippen molar-refractivity contribution in [1.29, 1.82) is 0 Å². The molecule has 236 valence electrons. The maximum absolute atomic E-state index is 12.3. The van der Waals surface area contributed by atoms with Crippen LogP contribution in [0.4, 0.5) is 5.69 Å². The molecule has 1 amide bonds. The zero-order valence-corrected chi connectivity index (χ0v) is 28.1. The van der Waals surface area contributed by atoms with Crippen molar-refractivity contribution < 1.29 is 13.2 Å². The molecule has 7 nitrogen and oxygen atoms in total. The molecule has 10 heteroatoms. The summed E-state index contributed by atoms with van der Waals surface area (Å²) >= 11 is 12.8. The van der Waals surface area contributed by atoms with Gasteiger partial charge in [-0.25, -0.2) is 14.0 Å². The first-order valence-electron chi connectivity index (χ1n) is 14.9. The minimum atomic E-state index is -3.88. The van der Waals surface area contributed by atoms with Gasteiger partial charge >= 0.3 is 10.2 Å². The Kier molecular flexibility index (Phi) is 8.48. The van der Waals surface area contributed by atoms with Crippen molar-refractivity contribution in [3.8, 4) is 11.3 Å². The van der Waals surface area contributed by atoms with Crippen LogP contribution in [0.25, 0.3) is 22.9 Å². The van der Waals surface area contributed by atoms with Crippen molar-refractivity contribution in [3.63, 3.8) is 0 Å². The Morgan fingerprint density at radius 2 is 1.76 bits per heavy atom. The predicted octanol–water partition coefficient (Wildman–Crippen LogP) is 8.18. The smallest absolute Gasteiger partial charge is 0.326 e. The van der Waals surface area contributed by atoms with E-state index in [1.165, 1.54) is 11.1 Å². The molecule has 0 radical (unpaired) electrons. The zero-order valence-electron chi connectivity index (χ0n) is 25.7. The van der Waals surface area contributed by atoms with Crippen molar-refractivity contribution in [3.05, 3.63) is 130 Å². The molecule has 1 aromatic heterocycles. The van der Waals surface area contributed by atoms with Gasteiger partial charge in [-0.1, -0.05) is 111 Å². The Morgan fingerprint density at radius 1 is 1.02 bits per heavy atom. The second-order valence-corrected chi connectivity index (χ2v) is 15.1. The average molecular weight is 674 g/mol. The molecular weight excluding hydrogens is 639 g/mol. The van der Waals surface area contributed by atoms with Gasteiger partial charge < -0.3 is 4.57 Å². The van der Waals surface area contributed by atoms with E-state index >= 15 is 0 Å². The fourth-order valence-electron chi connectivity index (χ4n) is 5.81. The molecule has 2 heterocycles. The van der Waals surface area contributed by atoms with Crippen molar-refractivity contribution >= 4 is 56.7 Å². The third-order valence-corrected chi connectivity index (χ3v) is 10.6. The number of aromatic nitrogens is 2. The lowest BCUT2D eigenvalue weighted by atomic mass is 9.62. The molecule has 1 saturated heterocycles. The molecule has 4 aromatic rings. The Morgan fingerprint density at radius 3 is 2.37 bits per heavy atom. The lowest BCUT2D eigenvalue weighted by Gasteiger charge is -2.42. The average Bonchev–Trinajstić information content (AvgIpc) is 3.54. The van der Waals surface area contributed by atoms with Crippen LogP contribution in [0.15, 0.2) is 103 Å². The first-order chi connectivity index (χ1) is 21.8. The number of anilines is 1. The second kappa shape index (κ2) is 12.2. The normalized spacial score (nSPS) is 19.5.